The molecule has 1 heterocycles. The van der Waals surface area contributed by atoms with Crippen LogP contribution in [0.1, 0.15) is 33.1 Å². The summed E-state index contributed by atoms with van der Waals surface area (Å²) in [7, 11) is 1.62. The van der Waals surface area contributed by atoms with Crippen molar-refractivity contribution in [2.75, 3.05) is 17.7 Å². The van der Waals surface area contributed by atoms with E-state index < -0.39 is 4.92 Å². The largest absolute Gasteiger partial charge is 0.367 e. The zero-order valence-electron chi connectivity index (χ0n) is 12.1. The summed E-state index contributed by atoms with van der Waals surface area (Å²) in [6.07, 6.45) is 4.67. The Morgan fingerprint density at radius 2 is 2.10 bits per heavy atom. The summed E-state index contributed by atoms with van der Waals surface area (Å²) in [6.45, 7) is 4.39. The lowest BCUT2D eigenvalue weighted by molar-refractivity contribution is -0.383. The highest BCUT2D eigenvalue weighted by Crippen LogP contribution is 2.37. The van der Waals surface area contributed by atoms with Gasteiger partial charge in [0.15, 0.2) is 0 Å². The molecule has 3 atom stereocenters. The van der Waals surface area contributed by atoms with E-state index in [4.69, 9.17) is 0 Å². The van der Waals surface area contributed by atoms with E-state index in [-0.39, 0.29) is 17.5 Å². The third-order valence-electron chi connectivity index (χ3n) is 4.31. The molecule has 0 bridgehead atoms. The number of anilines is 2. The minimum absolute atomic E-state index is 0.0813. The van der Waals surface area contributed by atoms with E-state index in [1.807, 2.05) is 0 Å². The summed E-state index contributed by atoms with van der Waals surface area (Å²) in [6, 6.07) is 0.234. The molecular weight excluding hydrogens is 258 g/mol. The van der Waals surface area contributed by atoms with Crippen LogP contribution in [0.2, 0.25) is 0 Å². The van der Waals surface area contributed by atoms with E-state index in [0.29, 0.717) is 17.7 Å². The van der Waals surface area contributed by atoms with Crippen molar-refractivity contribution in [3.8, 4) is 0 Å². The van der Waals surface area contributed by atoms with Crippen LogP contribution in [0.3, 0.4) is 0 Å². The minimum atomic E-state index is -0.439. The molecule has 1 aliphatic carbocycles. The monoisotopic (exact) mass is 279 g/mol. The van der Waals surface area contributed by atoms with Crippen LogP contribution in [-0.4, -0.2) is 28.0 Å². The molecule has 7 nitrogen and oxygen atoms in total. The summed E-state index contributed by atoms with van der Waals surface area (Å²) in [5, 5.41) is 17.2. The second-order valence-electron chi connectivity index (χ2n) is 5.28. The zero-order valence-corrected chi connectivity index (χ0v) is 12.1. The van der Waals surface area contributed by atoms with Crippen LogP contribution >= 0.6 is 0 Å². The van der Waals surface area contributed by atoms with Gasteiger partial charge in [-0.25, -0.2) is 9.97 Å². The van der Waals surface area contributed by atoms with Gasteiger partial charge in [0.1, 0.15) is 6.33 Å². The van der Waals surface area contributed by atoms with Gasteiger partial charge in [-0.15, -0.1) is 0 Å². The molecule has 1 aromatic heterocycles. The maximum absolute atomic E-state index is 11.2. The normalized spacial score (nSPS) is 25.4. The molecule has 1 aromatic rings. The SMILES string of the molecule is CCC1CCC(Nc2ncnc(NC)c2[N+](=O)[O-])C1C. The molecule has 0 saturated heterocycles. The molecule has 20 heavy (non-hydrogen) atoms. The molecule has 1 fully saturated rings. The Balaban J connectivity index is 2.24. The molecule has 2 N–H and O–H groups in total. The zero-order chi connectivity index (χ0) is 14.7. The maximum Gasteiger partial charge on any atom is 0.353 e. The van der Waals surface area contributed by atoms with Crippen LogP contribution in [0.4, 0.5) is 17.3 Å². The van der Waals surface area contributed by atoms with E-state index in [2.05, 4.69) is 34.4 Å². The first-order chi connectivity index (χ1) is 9.58. The van der Waals surface area contributed by atoms with Crippen LogP contribution in [0.25, 0.3) is 0 Å². The molecule has 0 amide bonds. The lowest BCUT2D eigenvalue weighted by Gasteiger charge is -2.21. The number of aromatic nitrogens is 2. The highest BCUT2D eigenvalue weighted by atomic mass is 16.6. The van der Waals surface area contributed by atoms with Crippen molar-refractivity contribution in [1.82, 2.24) is 9.97 Å². The van der Waals surface area contributed by atoms with Gasteiger partial charge in [-0.1, -0.05) is 20.3 Å². The van der Waals surface area contributed by atoms with Crippen molar-refractivity contribution in [2.45, 2.75) is 39.2 Å². The first kappa shape index (κ1) is 14.5. The predicted octanol–water partition coefficient (Wildman–Crippen LogP) is 2.66. The molecule has 0 spiro atoms. The molecule has 3 unspecified atom stereocenters. The third kappa shape index (κ3) is 2.66. The molecule has 0 aromatic carbocycles. The Labute approximate surface area is 118 Å². The van der Waals surface area contributed by atoms with Gasteiger partial charge in [-0.2, -0.15) is 0 Å². The summed E-state index contributed by atoms with van der Waals surface area (Å²) >= 11 is 0. The number of nitro groups is 1. The van der Waals surface area contributed by atoms with E-state index in [0.717, 1.165) is 19.3 Å². The number of hydrogen-bond donors (Lipinski definition) is 2. The summed E-state index contributed by atoms with van der Waals surface area (Å²) in [4.78, 5) is 18.7. The van der Waals surface area contributed by atoms with Crippen LogP contribution < -0.4 is 10.6 Å². The van der Waals surface area contributed by atoms with E-state index in [1.54, 1.807) is 7.05 Å². The first-order valence-electron chi connectivity index (χ1n) is 7.02. The standard InChI is InChI=1S/C13H21N5O2/c1-4-9-5-6-10(8(9)2)17-13-11(18(19)20)12(14-3)15-7-16-13/h7-10H,4-6H2,1-3H3,(H2,14,15,16,17). The fourth-order valence-corrected chi connectivity index (χ4v) is 3.04. The van der Waals surface area contributed by atoms with Crippen molar-refractivity contribution in [3.05, 3.63) is 16.4 Å². The highest BCUT2D eigenvalue weighted by Gasteiger charge is 2.33. The molecule has 1 aliphatic rings. The quantitative estimate of drug-likeness (QED) is 0.635. The summed E-state index contributed by atoms with van der Waals surface area (Å²) < 4.78 is 0. The van der Waals surface area contributed by atoms with Crippen molar-refractivity contribution < 1.29 is 4.92 Å². The smallest absolute Gasteiger partial charge is 0.353 e. The van der Waals surface area contributed by atoms with Gasteiger partial charge in [0.25, 0.3) is 0 Å². The molecule has 110 valence electrons. The fourth-order valence-electron chi connectivity index (χ4n) is 3.04. The maximum atomic E-state index is 11.2. The van der Waals surface area contributed by atoms with Gasteiger partial charge in [0.2, 0.25) is 11.6 Å². The summed E-state index contributed by atoms with van der Waals surface area (Å²) in [5.41, 5.74) is -0.0813. The Kier molecular flexibility index (Phi) is 4.36. The van der Waals surface area contributed by atoms with Crippen molar-refractivity contribution in [2.24, 2.45) is 11.8 Å². The highest BCUT2D eigenvalue weighted by molar-refractivity contribution is 5.69. The lowest BCUT2D eigenvalue weighted by Crippen LogP contribution is -2.25. The topological polar surface area (TPSA) is 93.0 Å². The number of hydrogen-bond acceptors (Lipinski definition) is 6. The van der Waals surface area contributed by atoms with Gasteiger partial charge in [-0.05, 0) is 24.7 Å². The number of rotatable bonds is 5. The average Bonchev–Trinajstić information content (AvgIpc) is 2.79. The van der Waals surface area contributed by atoms with E-state index in [9.17, 15) is 10.1 Å². The minimum Gasteiger partial charge on any atom is -0.367 e. The van der Waals surface area contributed by atoms with Crippen LogP contribution in [-0.2, 0) is 0 Å². The summed E-state index contributed by atoms with van der Waals surface area (Å²) in [5.74, 6) is 1.72. The Bertz CT molecular complexity index is 494. The molecule has 0 radical (unpaired) electrons. The molecule has 1 saturated carbocycles. The van der Waals surface area contributed by atoms with Gasteiger partial charge >= 0.3 is 5.69 Å². The van der Waals surface area contributed by atoms with Gasteiger partial charge in [-0.3, -0.25) is 10.1 Å². The Morgan fingerprint density at radius 3 is 2.65 bits per heavy atom. The van der Waals surface area contributed by atoms with E-state index >= 15 is 0 Å². The average molecular weight is 279 g/mol. The number of nitrogens with zero attached hydrogens (tertiary/aromatic N) is 3. The molecular formula is C13H21N5O2. The fraction of sp³-hybridized carbons (Fsp3) is 0.692. The third-order valence-corrected chi connectivity index (χ3v) is 4.31. The molecule has 2 rings (SSSR count). The molecule has 7 heteroatoms. The second kappa shape index (κ2) is 6.02. The molecule has 0 aliphatic heterocycles. The van der Waals surface area contributed by atoms with Crippen LogP contribution in [0.15, 0.2) is 6.33 Å². The van der Waals surface area contributed by atoms with Gasteiger partial charge in [0, 0.05) is 13.1 Å². The van der Waals surface area contributed by atoms with Gasteiger partial charge in [0.05, 0.1) is 4.92 Å². The lowest BCUT2D eigenvalue weighted by atomic mass is 9.93. The van der Waals surface area contributed by atoms with Crippen molar-refractivity contribution in [3.63, 3.8) is 0 Å². The Hall–Kier alpha value is -1.92. The van der Waals surface area contributed by atoms with Crippen molar-refractivity contribution in [1.29, 1.82) is 0 Å². The van der Waals surface area contributed by atoms with E-state index in [1.165, 1.54) is 6.33 Å². The van der Waals surface area contributed by atoms with Gasteiger partial charge < -0.3 is 10.6 Å². The van der Waals surface area contributed by atoms with Crippen molar-refractivity contribution >= 4 is 17.3 Å². The van der Waals surface area contributed by atoms with Crippen LogP contribution in [0.5, 0.6) is 0 Å². The second-order valence-corrected chi connectivity index (χ2v) is 5.28. The predicted molar refractivity (Wildman–Crippen MR) is 77.8 cm³/mol. The number of nitrogens with one attached hydrogen (secondary N) is 2. The Morgan fingerprint density at radius 1 is 1.40 bits per heavy atom. The first-order valence-corrected chi connectivity index (χ1v) is 7.02. The van der Waals surface area contributed by atoms with Crippen LogP contribution in [0, 0.1) is 22.0 Å².